The molecule has 1 unspecified atom stereocenters. The molecule has 1 aliphatic heterocycles. The highest BCUT2D eigenvalue weighted by Gasteiger charge is 2.27. The zero-order valence-electron chi connectivity index (χ0n) is 16.1. The van der Waals surface area contributed by atoms with Gasteiger partial charge in [-0.2, -0.15) is 0 Å². The van der Waals surface area contributed by atoms with Crippen molar-refractivity contribution in [1.82, 2.24) is 4.90 Å². The SMILES string of the molecule is CC(C)C(N)C(=O)N1CCN(c2ccc(Cl)cc2Cl)CC1.Clc1ccccc1. The maximum Gasteiger partial charge on any atom is 0.239 e. The lowest BCUT2D eigenvalue weighted by Gasteiger charge is -2.37. The molecular formula is C21H26Cl3N3O. The van der Waals surface area contributed by atoms with Crippen LogP contribution < -0.4 is 10.6 Å². The highest BCUT2D eigenvalue weighted by atomic mass is 35.5. The quantitative estimate of drug-likeness (QED) is 0.730. The summed E-state index contributed by atoms with van der Waals surface area (Å²) >= 11 is 17.7. The molecule has 152 valence electrons. The molecule has 0 radical (unpaired) electrons. The molecule has 0 aliphatic carbocycles. The van der Waals surface area contributed by atoms with Gasteiger partial charge in [0.1, 0.15) is 0 Å². The summed E-state index contributed by atoms with van der Waals surface area (Å²) in [6.45, 7) is 6.75. The topological polar surface area (TPSA) is 49.6 Å². The van der Waals surface area contributed by atoms with Gasteiger partial charge in [0.2, 0.25) is 5.91 Å². The minimum Gasteiger partial charge on any atom is -0.367 e. The highest BCUT2D eigenvalue weighted by Crippen LogP contribution is 2.29. The predicted octanol–water partition coefficient (Wildman–Crippen LogP) is 4.97. The molecule has 7 heteroatoms. The fourth-order valence-electron chi connectivity index (χ4n) is 2.82. The van der Waals surface area contributed by atoms with E-state index in [0.29, 0.717) is 23.1 Å². The van der Waals surface area contributed by atoms with Gasteiger partial charge in [-0.3, -0.25) is 4.79 Å². The Kier molecular flexibility index (Phi) is 8.90. The van der Waals surface area contributed by atoms with Crippen LogP contribution in [0.15, 0.2) is 48.5 Å². The van der Waals surface area contributed by atoms with Crippen LogP contribution in [0.5, 0.6) is 0 Å². The number of anilines is 1. The van der Waals surface area contributed by atoms with Gasteiger partial charge in [0, 0.05) is 36.2 Å². The summed E-state index contributed by atoms with van der Waals surface area (Å²) in [6, 6.07) is 14.5. The van der Waals surface area contributed by atoms with Gasteiger partial charge in [-0.25, -0.2) is 0 Å². The van der Waals surface area contributed by atoms with Gasteiger partial charge in [-0.05, 0) is 36.2 Å². The van der Waals surface area contributed by atoms with Crippen LogP contribution in [0.25, 0.3) is 0 Å². The van der Waals surface area contributed by atoms with E-state index in [-0.39, 0.29) is 11.8 Å². The first-order valence-corrected chi connectivity index (χ1v) is 10.4. The Bertz CT molecular complexity index is 763. The van der Waals surface area contributed by atoms with Crippen molar-refractivity contribution in [3.8, 4) is 0 Å². The number of carbonyl (C=O) groups excluding carboxylic acids is 1. The number of halogens is 3. The van der Waals surface area contributed by atoms with Crippen molar-refractivity contribution in [2.75, 3.05) is 31.1 Å². The van der Waals surface area contributed by atoms with Crippen LogP contribution >= 0.6 is 34.8 Å². The van der Waals surface area contributed by atoms with Crippen molar-refractivity contribution >= 4 is 46.4 Å². The Balaban J connectivity index is 0.000000336. The number of nitrogens with two attached hydrogens (primary N) is 1. The van der Waals surface area contributed by atoms with Gasteiger partial charge in [0.25, 0.3) is 0 Å². The van der Waals surface area contributed by atoms with E-state index in [1.165, 1.54) is 0 Å². The molecule has 0 spiro atoms. The van der Waals surface area contributed by atoms with Crippen molar-refractivity contribution in [3.63, 3.8) is 0 Å². The molecule has 1 saturated heterocycles. The molecule has 1 fully saturated rings. The number of carbonyl (C=O) groups is 1. The van der Waals surface area contributed by atoms with Gasteiger partial charge < -0.3 is 15.5 Å². The number of nitrogens with zero attached hydrogens (tertiary/aromatic N) is 2. The standard InChI is InChI=1S/C15H21Cl2N3O.C6H5Cl/c1-10(2)14(18)15(21)20-7-5-19(6-8-20)13-4-3-11(16)9-12(13)17;7-6-4-2-1-3-5-6/h3-4,9-10,14H,5-8,18H2,1-2H3;1-5H. The Morgan fingerprint density at radius 2 is 1.54 bits per heavy atom. The number of hydrogen-bond donors (Lipinski definition) is 1. The second kappa shape index (κ2) is 10.9. The van der Waals surface area contributed by atoms with Crippen LogP contribution in [0.3, 0.4) is 0 Å². The third kappa shape index (κ3) is 6.56. The summed E-state index contributed by atoms with van der Waals surface area (Å²) in [6.07, 6.45) is 0. The van der Waals surface area contributed by atoms with Gasteiger partial charge in [-0.1, -0.05) is 66.8 Å². The Morgan fingerprint density at radius 3 is 2.00 bits per heavy atom. The molecule has 0 saturated carbocycles. The van der Waals surface area contributed by atoms with E-state index in [1.807, 2.05) is 61.2 Å². The summed E-state index contributed by atoms with van der Waals surface area (Å²) in [4.78, 5) is 16.2. The number of rotatable bonds is 3. The van der Waals surface area contributed by atoms with Crippen molar-refractivity contribution in [1.29, 1.82) is 0 Å². The largest absolute Gasteiger partial charge is 0.367 e. The third-order valence-electron chi connectivity index (χ3n) is 4.58. The summed E-state index contributed by atoms with van der Waals surface area (Å²) in [5, 5.41) is 2.06. The molecule has 1 aliphatic rings. The normalized spacial score (nSPS) is 15.1. The number of piperazine rings is 1. The first kappa shape index (κ1) is 22.8. The average molecular weight is 443 g/mol. The molecular weight excluding hydrogens is 417 g/mol. The molecule has 2 aromatic rings. The molecule has 3 rings (SSSR count). The maximum atomic E-state index is 12.2. The number of amides is 1. The first-order valence-electron chi connectivity index (χ1n) is 9.24. The van der Waals surface area contributed by atoms with E-state index in [9.17, 15) is 4.79 Å². The third-order valence-corrected chi connectivity index (χ3v) is 5.37. The fraction of sp³-hybridized carbons (Fsp3) is 0.381. The smallest absolute Gasteiger partial charge is 0.239 e. The lowest BCUT2D eigenvalue weighted by Crippen LogP contribution is -2.54. The molecule has 0 aromatic heterocycles. The second-order valence-corrected chi connectivity index (χ2v) is 8.25. The minimum atomic E-state index is -0.421. The predicted molar refractivity (Wildman–Crippen MR) is 120 cm³/mol. The van der Waals surface area contributed by atoms with Crippen LogP contribution in [0, 0.1) is 5.92 Å². The van der Waals surface area contributed by atoms with Crippen molar-refractivity contribution < 1.29 is 4.79 Å². The monoisotopic (exact) mass is 441 g/mol. The van der Waals surface area contributed by atoms with E-state index in [0.717, 1.165) is 23.8 Å². The lowest BCUT2D eigenvalue weighted by atomic mass is 10.0. The lowest BCUT2D eigenvalue weighted by molar-refractivity contribution is -0.133. The molecule has 28 heavy (non-hydrogen) atoms. The Morgan fingerprint density at radius 1 is 0.929 bits per heavy atom. The molecule has 0 bridgehead atoms. The molecule has 4 nitrogen and oxygen atoms in total. The van der Waals surface area contributed by atoms with Crippen LogP contribution in [0.4, 0.5) is 5.69 Å². The van der Waals surface area contributed by atoms with Crippen LogP contribution in [0.1, 0.15) is 13.8 Å². The Hall–Kier alpha value is -1.46. The van der Waals surface area contributed by atoms with E-state index < -0.39 is 6.04 Å². The van der Waals surface area contributed by atoms with Gasteiger partial charge >= 0.3 is 0 Å². The van der Waals surface area contributed by atoms with E-state index in [2.05, 4.69) is 4.90 Å². The Labute approximate surface area is 182 Å². The summed E-state index contributed by atoms with van der Waals surface area (Å²) in [7, 11) is 0. The molecule has 2 aromatic carbocycles. The van der Waals surface area contributed by atoms with Crippen molar-refractivity contribution in [3.05, 3.63) is 63.6 Å². The highest BCUT2D eigenvalue weighted by molar-refractivity contribution is 6.36. The summed E-state index contributed by atoms with van der Waals surface area (Å²) in [5.41, 5.74) is 6.90. The number of hydrogen-bond acceptors (Lipinski definition) is 3. The van der Waals surface area contributed by atoms with E-state index >= 15 is 0 Å². The molecule has 1 atom stereocenters. The fourth-order valence-corrected chi connectivity index (χ4v) is 3.49. The van der Waals surface area contributed by atoms with Gasteiger partial charge in [0.15, 0.2) is 0 Å². The van der Waals surface area contributed by atoms with Crippen LogP contribution in [-0.2, 0) is 4.79 Å². The van der Waals surface area contributed by atoms with E-state index in [1.54, 1.807) is 6.07 Å². The zero-order valence-corrected chi connectivity index (χ0v) is 18.4. The molecule has 1 heterocycles. The first-order chi connectivity index (χ1) is 13.3. The molecule has 2 N–H and O–H groups in total. The minimum absolute atomic E-state index is 0.0341. The van der Waals surface area contributed by atoms with Gasteiger partial charge in [0.05, 0.1) is 16.8 Å². The van der Waals surface area contributed by atoms with Crippen molar-refractivity contribution in [2.45, 2.75) is 19.9 Å². The molecule has 1 amide bonds. The van der Waals surface area contributed by atoms with Crippen LogP contribution in [0.2, 0.25) is 15.1 Å². The summed E-state index contributed by atoms with van der Waals surface area (Å²) < 4.78 is 0. The van der Waals surface area contributed by atoms with Crippen LogP contribution in [-0.4, -0.2) is 43.0 Å². The summed E-state index contributed by atoms with van der Waals surface area (Å²) in [5.74, 6) is 0.188. The van der Waals surface area contributed by atoms with Gasteiger partial charge in [-0.15, -0.1) is 0 Å². The van der Waals surface area contributed by atoms with E-state index in [4.69, 9.17) is 40.5 Å². The van der Waals surface area contributed by atoms with Crippen molar-refractivity contribution in [2.24, 2.45) is 11.7 Å². The second-order valence-electron chi connectivity index (χ2n) is 6.97. The number of benzene rings is 2. The average Bonchev–Trinajstić information content (AvgIpc) is 2.68. The zero-order chi connectivity index (χ0) is 20.7. The maximum absolute atomic E-state index is 12.2.